The smallest absolute Gasteiger partial charge is 0.362 e. The number of carbonyl (C=O) groups is 3. The van der Waals surface area contributed by atoms with Crippen LogP contribution in [-0.4, -0.2) is 80.6 Å². The Hall–Kier alpha value is -3.75. The predicted molar refractivity (Wildman–Crippen MR) is 261 cm³/mol. The van der Waals surface area contributed by atoms with Crippen LogP contribution < -0.4 is 0 Å². The molecule has 62 heavy (non-hydrogen) atoms. The number of nitrogens with zero attached hydrogens (tertiary/aromatic N) is 1. The summed E-state index contributed by atoms with van der Waals surface area (Å²) in [4.78, 5) is 37.1. The second kappa shape index (κ2) is 43.9. The van der Waals surface area contributed by atoms with Crippen molar-refractivity contribution < 1.29 is 38.2 Å². The number of carboxylic acids is 1. The second-order valence-electron chi connectivity index (χ2n) is 17.0. The molecule has 0 radical (unpaired) electrons. The van der Waals surface area contributed by atoms with Crippen LogP contribution in [0.1, 0.15) is 174 Å². The lowest BCUT2D eigenvalue weighted by atomic mass is 10.0. The fourth-order valence-electron chi connectivity index (χ4n) is 6.54. The molecule has 0 amide bonds. The summed E-state index contributed by atoms with van der Waals surface area (Å²) in [6.45, 7) is 4.45. The van der Waals surface area contributed by atoms with Crippen molar-refractivity contribution in [1.82, 2.24) is 0 Å². The van der Waals surface area contributed by atoms with E-state index in [-0.39, 0.29) is 36.2 Å². The molecule has 8 heteroatoms. The quantitative estimate of drug-likeness (QED) is 0.0282. The Kier molecular flexibility index (Phi) is 41.2. The number of allylic oxidation sites excluding steroid dienone is 16. The number of carboxylic acid groups (broad SMARTS) is 1. The van der Waals surface area contributed by atoms with Crippen LogP contribution in [0.2, 0.25) is 0 Å². The largest absolute Gasteiger partial charge is 0.477 e. The first-order valence-electron chi connectivity index (χ1n) is 24.3. The average molecular weight is 865 g/mol. The van der Waals surface area contributed by atoms with Gasteiger partial charge in [-0.25, -0.2) is 4.79 Å². The zero-order chi connectivity index (χ0) is 45.6. The van der Waals surface area contributed by atoms with Gasteiger partial charge in [-0.3, -0.25) is 9.59 Å². The Morgan fingerprint density at radius 1 is 0.484 bits per heavy atom. The molecular formula is C54H90NO7+. The van der Waals surface area contributed by atoms with Crippen LogP contribution in [0.5, 0.6) is 0 Å². The predicted octanol–water partition coefficient (Wildman–Crippen LogP) is 13.9. The highest BCUT2D eigenvalue weighted by molar-refractivity contribution is 5.72. The van der Waals surface area contributed by atoms with E-state index in [0.717, 1.165) is 89.9 Å². The molecule has 0 aromatic heterocycles. The first kappa shape index (κ1) is 58.2. The summed E-state index contributed by atoms with van der Waals surface area (Å²) in [6.07, 6.45) is 58.9. The van der Waals surface area contributed by atoms with Crippen LogP contribution in [0.15, 0.2) is 97.2 Å². The molecule has 0 bridgehead atoms. The number of rotatable bonds is 42. The summed E-state index contributed by atoms with van der Waals surface area (Å²) in [5.41, 5.74) is 0. The standard InChI is InChI=1S/C54H89NO7/c1-6-8-10-12-14-16-18-20-22-23-24-25-26-27-28-29-31-33-35-37-39-41-43-45-53(57)62-50(48-60-47-46-51(54(58)59)55(3,4)5)49-61-52(56)44-42-40-38-36-34-32-30-21-19-17-15-13-11-9-7-2/h8-11,14-17,20-22,24-25,30,34,36,50-51H,6-7,12-13,18-19,23,26-29,31-33,35,37-49H2,1-5H3/p+1/b10-8-,11-9-,16-14-,17-15-,22-20-,25-24-,30-21-,36-34-. The summed E-state index contributed by atoms with van der Waals surface area (Å²) in [6, 6.07) is -0.627. The number of carbonyl (C=O) groups excluding carboxylic acids is 2. The van der Waals surface area contributed by atoms with Gasteiger partial charge in [-0.2, -0.15) is 0 Å². The van der Waals surface area contributed by atoms with E-state index >= 15 is 0 Å². The number of hydrogen-bond acceptors (Lipinski definition) is 6. The van der Waals surface area contributed by atoms with E-state index in [1.165, 1.54) is 44.9 Å². The molecule has 0 aromatic rings. The van der Waals surface area contributed by atoms with Gasteiger partial charge in [-0.05, 0) is 89.9 Å². The van der Waals surface area contributed by atoms with Gasteiger partial charge in [0.25, 0.3) is 0 Å². The zero-order valence-corrected chi connectivity index (χ0v) is 40.0. The highest BCUT2D eigenvalue weighted by Gasteiger charge is 2.31. The summed E-state index contributed by atoms with van der Waals surface area (Å²) in [5, 5.41) is 9.64. The molecular weight excluding hydrogens is 775 g/mol. The number of aliphatic carboxylic acids is 1. The van der Waals surface area contributed by atoms with Gasteiger partial charge in [0.15, 0.2) is 12.1 Å². The van der Waals surface area contributed by atoms with Gasteiger partial charge >= 0.3 is 17.9 Å². The minimum atomic E-state index is -0.885. The Labute approximate surface area is 379 Å². The normalized spacial score (nSPS) is 13.8. The van der Waals surface area contributed by atoms with Crippen LogP contribution in [-0.2, 0) is 28.6 Å². The maximum absolute atomic E-state index is 12.8. The van der Waals surface area contributed by atoms with Crippen LogP contribution in [0.3, 0.4) is 0 Å². The number of ether oxygens (including phenoxy) is 3. The van der Waals surface area contributed by atoms with Crippen molar-refractivity contribution in [3.8, 4) is 0 Å². The average Bonchev–Trinajstić information content (AvgIpc) is 3.23. The molecule has 0 aliphatic heterocycles. The minimum Gasteiger partial charge on any atom is -0.477 e. The number of unbranched alkanes of at least 4 members (excludes halogenated alkanes) is 12. The van der Waals surface area contributed by atoms with Crippen molar-refractivity contribution in [2.45, 2.75) is 187 Å². The van der Waals surface area contributed by atoms with Crippen LogP contribution in [0.4, 0.5) is 0 Å². The summed E-state index contributed by atoms with van der Waals surface area (Å²) in [7, 11) is 5.51. The summed E-state index contributed by atoms with van der Waals surface area (Å²) in [5.74, 6) is -1.54. The Balaban J connectivity index is 4.33. The van der Waals surface area contributed by atoms with E-state index in [2.05, 4.69) is 111 Å². The van der Waals surface area contributed by atoms with Crippen molar-refractivity contribution in [2.24, 2.45) is 0 Å². The van der Waals surface area contributed by atoms with Crippen molar-refractivity contribution in [3.05, 3.63) is 97.2 Å². The third-order valence-electron chi connectivity index (χ3n) is 10.2. The first-order chi connectivity index (χ1) is 30.1. The van der Waals surface area contributed by atoms with Gasteiger partial charge in [0.1, 0.15) is 6.61 Å². The Morgan fingerprint density at radius 3 is 1.29 bits per heavy atom. The van der Waals surface area contributed by atoms with E-state index < -0.39 is 18.1 Å². The minimum absolute atomic E-state index is 0.0404. The monoisotopic (exact) mass is 865 g/mol. The van der Waals surface area contributed by atoms with Crippen LogP contribution in [0.25, 0.3) is 0 Å². The SMILES string of the molecule is CC/C=C\C/C=C\C/C=C\C/C=C\CCCCCCCCCCCCC(=O)OC(COCCC(C(=O)O)[N+](C)(C)C)COC(=O)CCCC/C=C\C/C=C\C/C=C\C/C=C\CC. The molecule has 352 valence electrons. The fourth-order valence-corrected chi connectivity index (χ4v) is 6.54. The lowest BCUT2D eigenvalue weighted by molar-refractivity contribution is -0.887. The van der Waals surface area contributed by atoms with E-state index in [9.17, 15) is 19.5 Å². The van der Waals surface area contributed by atoms with Crippen LogP contribution >= 0.6 is 0 Å². The highest BCUT2D eigenvalue weighted by Crippen LogP contribution is 2.14. The first-order valence-corrected chi connectivity index (χ1v) is 24.3. The van der Waals surface area contributed by atoms with Gasteiger partial charge in [0.05, 0.1) is 34.4 Å². The number of quaternary nitrogens is 1. The molecule has 8 nitrogen and oxygen atoms in total. The van der Waals surface area contributed by atoms with Gasteiger partial charge in [0, 0.05) is 19.3 Å². The van der Waals surface area contributed by atoms with Crippen molar-refractivity contribution >= 4 is 17.9 Å². The molecule has 0 saturated heterocycles. The van der Waals surface area contributed by atoms with Crippen molar-refractivity contribution in [2.75, 3.05) is 41.0 Å². The summed E-state index contributed by atoms with van der Waals surface area (Å²) < 4.78 is 17.3. The Bertz CT molecular complexity index is 1330. The molecule has 0 aromatic carbocycles. The molecule has 1 N–H and O–H groups in total. The zero-order valence-electron chi connectivity index (χ0n) is 40.0. The van der Waals surface area contributed by atoms with Gasteiger partial charge < -0.3 is 23.8 Å². The fraction of sp³-hybridized carbons (Fsp3) is 0.648. The summed E-state index contributed by atoms with van der Waals surface area (Å²) >= 11 is 0. The van der Waals surface area contributed by atoms with E-state index in [4.69, 9.17) is 14.2 Å². The molecule has 2 atom stereocenters. The molecule has 0 aliphatic carbocycles. The molecule has 0 saturated carbocycles. The second-order valence-corrected chi connectivity index (χ2v) is 17.0. The van der Waals surface area contributed by atoms with Crippen molar-refractivity contribution in [1.29, 1.82) is 0 Å². The molecule has 0 aliphatic rings. The van der Waals surface area contributed by atoms with Gasteiger partial charge in [-0.1, -0.05) is 162 Å². The lowest BCUT2D eigenvalue weighted by Crippen LogP contribution is -2.50. The number of likely N-dealkylation sites (N-methyl/N-ethyl adjacent to an activating group) is 1. The van der Waals surface area contributed by atoms with E-state index in [1.54, 1.807) is 0 Å². The highest BCUT2D eigenvalue weighted by atomic mass is 16.6. The third-order valence-corrected chi connectivity index (χ3v) is 10.2. The van der Waals surface area contributed by atoms with Gasteiger partial charge in [-0.15, -0.1) is 0 Å². The van der Waals surface area contributed by atoms with E-state index in [0.29, 0.717) is 25.7 Å². The molecule has 2 unspecified atom stereocenters. The molecule has 0 rings (SSSR count). The van der Waals surface area contributed by atoms with Gasteiger partial charge in [0.2, 0.25) is 0 Å². The number of esters is 2. The Morgan fingerprint density at radius 2 is 0.855 bits per heavy atom. The van der Waals surface area contributed by atoms with Crippen LogP contribution in [0, 0.1) is 0 Å². The maximum Gasteiger partial charge on any atom is 0.362 e. The molecule has 0 spiro atoms. The lowest BCUT2D eigenvalue weighted by Gasteiger charge is -2.31. The molecule has 0 fully saturated rings. The topological polar surface area (TPSA) is 99.1 Å². The van der Waals surface area contributed by atoms with Crippen molar-refractivity contribution in [3.63, 3.8) is 0 Å². The van der Waals surface area contributed by atoms with E-state index in [1.807, 2.05) is 21.1 Å². The third kappa shape index (κ3) is 41.6. The number of hydrogen-bond donors (Lipinski definition) is 1. The maximum atomic E-state index is 12.8. The molecule has 0 heterocycles.